The number of amides is 2. The predicted octanol–water partition coefficient (Wildman–Crippen LogP) is 3.05. The van der Waals surface area contributed by atoms with Crippen LogP contribution < -0.4 is 20.1 Å². The Kier molecular flexibility index (Phi) is 8.10. The number of nitrogens with zero attached hydrogens (tertiary/aromatic N) is 1. The van der Waals surface area contributed by atoms with Crippen LogP contribution in [0.5, 0.6) is 0 Å². The van der Waals surface area contributed by atoms with E-state index in [0.29, 0.717) is 28.8 Å². The first-order chi connectivity index (χ1) is 15.8. The summed E-state index contributed by atoms with van der Waals surface area (Å²) in [6, 6.07) is 0. The summed E-state index contributed by atoms with van der Waals surface area (Å²) in [5.74, 6) is -1.23. The Balaban J connectivity index is 2.87. The molecule has 0 radical (unpaired) electrons. The maximum absolute atomic E-state index is 13.2. The third-order valence-corrected chi connectivity index (χ3v) is 6.21. The van der Waals surface area contributed by atoms with Crippen LogP contribution in [-0.4, -0.2) is 38.0 Å². The highest BCUT2D eigenvalue weighted by Gasteiger charge is 2.41. The highest BCUT2D eigenvalue weighted by Crippen LogP contribution is 2.45. The molecule has 35 heavy (non-hydrogen) atoms. The summed E-state index contributed by atoms with van der Waals surface area (Å²) in [6.45, 7) is 15.7. The van der Waals surface area contributed by atoms with Crippen LogP contribution in [0.15, 0.2) is 0 Å². The minimum absolute atomic E-state index is 0.0709. The van der Waals surface area contributed by atoms with E-state index in [2.05, 4.69) is 10.0 Å². The second kappa shape index (κ2) is 9.87. The van der Waals surface area contributed by atoms with Crippen molar-refractivity contribution in [3.63, 3.8) is 0 Å². The van der Waals surface area contributed by atoms with Gasteiger partial charge < -0.3 is 10.1 Å². The molecule has 1 atom stereocenters. The summed E-state index contributed by atoms with van der Waals surface area (Å²) in [7, 11) is -4.16. The maximum Gasteiger partial charge on any atom is 0.339 e. The summed E-state index contributed by atoms with van der Waals surface area (Å²) in [5.41, 5.74) is 0.912. The molecule has 0 fully saturated rings. The van der Waals surface area contributed by atoms with Gasteiger partial charge in [-0.1, -0.05) is 27.7 Å². The van der Waals surface area contributed by atoms with Gasteiger partial charge in [-0.2, -0.15) is 13.1 Å². The van der Waals surface area contributed by atoms with Gasteiger partial charge in [0.05, 0.1) is 16.9 Å². The van der Waals surface area contributed by atoms with E-state index in [1.165, 1.54) is 4.90 Å². The van der Waals surface area contributed by atoms with Gasteiger partial charge >= 0.3 is 5.97 Å². The molecule has 2 rings (SSSR count). The van der Waals surface area contributed by atoms with E-state index in [9.17, 15) is 22.8 Å². The lowest BCUT2D eigenvalue weighted by Gasteiger charge is -2.30. The fourth-order valence-corrected chi connectivity index (χ4v) is 4.59. The number of nitrogens with two attached hydrogens (primary N) is 1. The standard InChI is InChI=1S/C24H38N4O6S/c1-10-11-17(29)28-16(27-35(25,32)33)12-15-13(2)18(21(30)34-24(7,8)9)14(3)19(20(15)28)26-22(31)23(4,5)6/h16,27H,10-12H2,1-9H3,(H,26,31)(H2,25,32,33). The van der Waals surface area contributed by atoms with Gasteiger partial charge in [0.15, 0.2) is 0 Å². The van der Waals surface area contributed by atoms with Gasteiger partial charge in [0.1, 0.15) is 11.8 Å². The molecule has 10 nitrogen and oxygen atoms in total. The molecular weight excluding hydrogens is 472 g/mol. The summed E-state index contributed by atoms with van der Waals surface area (Å²) in [6.07, 6.45) is -0.247. The van der Waals surface area contributed by atoms with Gasteiger partial charge in [-0.15, -0.1) is 0 Å². The molecule has 0 bridgehead atoms. The fraction of sp³-hybridized carbons (Fsp3) is 0.625. The zero-order valence-electron chi connectivity index (χ0n) is 22.1. The Bertz CT molecular complexity index is 1150. The number of hydrogen-bond acceptors (Lipinski definition) is 6. The predicted molar refractivity (Wildman–Crippen MR) is 135 cm³/mol. The number of fused-ring (bicyclic) bond motifs is 1. The van der Waals surface area contributed by atoms with Crippen molar-refractivity contribution in [1.82, 2.24) is 4.72 Å². The fourth-order valence-electron chi connectivity index (χ4n) is 4.03. The molecule has 1 aromatic rings. The third-order valence-electron chi connectivity index (χ3n) is 5.61. The molecule has 0 aliphatic carbocycles. The van der Waals surface area contributed by atoms with Crippen molar-refractivity contribution < 1.29 is 27.5 Å². The monoisotopic (exact) mass is 510 g/mol. The number of ether oxygens (including phenoxy) is 1. The summed E-state index contributed by atoms with van der Waals surface area (Å²) in [4.78, 5) is 40.8. The molecule has 0 spiro atoms. The Hall–Kier alpha value is -2.50. The van der Waals surface area contributed by atoms with Crippen molar-refractivity contribution in [1.29, 1.82) is 0 Å². The SMILES string of the molecule is CCCC(=O)N1c2c(c(C)c(C(=O)OC(C)(C)C)c(C)c2NC(=O)C(C)(C)C)CC1NS(N)(=O)=O. The average Bonchev–Trinajstić information content (AvgIpc) is 3.00. The highest BCUT2D eigenvalue weighted by molar-refractivity contribution is 7.87. The van der Waals surface area contributed by atoms with Crippen molar-refractivity contribution in [2.24, 2.45) is 10.6 Å². The van der Waals surface area contributed by atoms with Crippen molar-refractivity contribution in [2.45, 2.75) is 93.3 Å². The van der Waals surface area contributed by atoms with Gasteiger partial charge in [0.2, 0.25) is 11.8 Å². The van der Waals surface area contributed by atoms with E-state index in [4.69, 9.17) is 9.88 Å². The van der Waals surface area contributed by atoms with Crippen molar-refractivity contribution in [2.75, 3.05) is 10.2 Å². The summed E-state index contributed by atoms with van der Waals surface area (Å²) >= 11 is 0. The lowest BCUT2D eigenvalue weighted by Crippen LogP contribution is -2.51. The summed E-state index contributed by atoms with van der Waals surface area (Å²) in [5, 5.41) is 8.15. The maximum atomic E-state index is 13.2. The molecule has 0 saturated carbocycles. The number of benzene rings is 1. The first-order valence-electron chi connectivity index (χ1n) is 11.6. The van der Waals surface area contributed by atoms with Crippen molar-refractivity contribution >= 4 is 39.4 Å². The minimum Gasteiger partial charge on any atom is -0.456 e. The van der Waals surface area contributed by atoms with Crippen LogP contribution in [-0.2, 0) is 31.0 Å². The van der Waals surface area contributed by atoms with Crippen LogP contribution in [0, 0.1) is 19.3 Å². The number of esters is 1. The van der Waals surface area contributed by atoms with E-state index in [-0.39, 0.29) is 35.9 Å². The molecule has 0 saturated heterocycles. The number of carbonyl (C=O) groups is 3. The molecule has 1 heterocycles. The van der Waals surface area contributed by atoms with Crippen LogP contribution in [0.25, 0.3) is 0 Å². The molecule has 196 valence electrons. The van der Waals surface area contributed by atoms with Crippen molar-refractivity contribution in [3.8, 4) is 0 Å². The Labute approximate surface area is 208 Å². The van der Waals surface area contributed by atoms with E-state index < -0.39 is 33.4 Å². The van der Waals surface area contributed by atoms with Crippen LogP contribution >= 0.6 is 0 Å². The third kappa shape index (κ3) is 6.59. The van der Waals surface area contributed by atoms with Gasteiger partial charge in [-0.05, 0) is 57.7 Å². The van der Waals surface area contributed by atoms with Gasteiger partial charge in [-0.25, -0.2) is 9.93 Å². The van der Waals surface area contributed by atoms with Gasteiger partial charge in [-0.3, -0.25) is 14.5 Å². The summed E-state index contributed by atoms with van der Waals surface area (Å²) < 4.78 is 31.8. The van der Waals surface area contributed by atoms with E-state index >= 15 is 0 Å². The van der Waals surface area contributed by atoms with Crippen molar-refractivity contribution in [3.05, 3.63) is 22.3 Å². The van der Waals surface area contributed by atoms with E-state index in [1.54, 1.807) is 55.4 Å². The van der Waals surface area contributed by atoms with Gasteiger partial charge in [0, 0.05) is 18.3 Å². The molecule has 1 unspecified atom stereocenters. The first kappa shape index (κ1) is 28.7. The number of nitrogens with one attached hydrogen (secondary N) is 2. The first-order valence-corrected chi connectivity index (χ1v) is 13.2. The highest BCUT2D eigenvalue weighted by atomic mass is 32.2. The number of rotatable bonds is 6. The van der Waals surface area contributed by atoms with Gasteiger partial charge in [0.25, 0.3) is 10.2 Å². The average molecular weight is 511 g/mol. The lowest BCUT2D eigenvalue weighted by atomic mass is 9.91. The molecule has 1 aliphatic rings. The number of anilines is 2. The van der Waals surface area contributed by atoms with Crippen LogP contribution in [0.2, 0.25) is 0 Å². The van der Waals surface area contributed by atoms with Crippen LogP contribution in [0.1, 0.15) is 88.4 Å². The molecule has 1 aromatic carbocycles. The van der Waals surface area contributed by atoms with Crippen LogP contribution in [0.4, 0.5) is 11.4 Å². The molecule has 4 N–H and O–H groups in total. The van der Waals surface area contributed by atoms with Crippen LogP contribution in [0.3, 0.4) is 0 Å². The minimum atomic E-state index is -4.16. The molecule has 11 heteroatoms. The molecular formula is C24H38N4O6S. The largest absolute Gasteiger partial charge is 0.456 e. The topological polar surface area (TPSA) is 148 Å². The molecule has 1 aliphatic heterocycles. The van der Waals surface area contributed by atoms with E-state index in [0.717, 1.165) is 0 Å². The second-order valence-electron chi connectivity index (χ2n) is 10.9. The zero-order chi connectivity index (χ0) is 27.1. The number of carbonyl (C=O) groups excluding carboxylic acids is 3. The Morgan fingerprint density at radius 2 is 1.66 bits per heavy atom. The Morgan fingerprint density at radius 3 is 2.11 bits per heavy atom. The van der Waals surface area contributed by atoms with E-state index in [1.807, 2.05) is 6.92 Å². The number of hydrogen-bond donors (Lipinski definition) is 3. The quantitative estimate of drug-likeness (QED) is 0.501. The Morgan fingerprint density at radius 1 is 1.09 bits per heavy atom. The lowest BCUT2D eigenvalue weighted by molar-refractivity contribution is -0.123. The normalized spacial score (nSPS) is 16.2. The molecule has 2 amide bonds. The zero-order valence-corrected chi connectivity index (χ0v) is 22.9. The molecule has 0 aromatic heterocycles. The second-order valence-corrected chi connectivity index (χ2v) is 12.3. The smallest absolute Gasteiger partial charge is 0.339 e.